The van der Waals surface area contributed by atoms with E-state index in [1.54, 1.807) is 0 Å². The molecule has 0 aliphatic rings. The predicted octanol–water partition coefficient (Wildman–Crippen LogP) is 0.861. The molecule has 0 aromatic carbocycles. The number of hydrogen-bond donors (Lipinski definition) is 6. The lowest BCUT2D eigenvalue weighted by molar-refractivity contribution is -0.146. The molecular formula is C26H51N5O6. The molecule has 11 heteroatoms. The van der Waals surface area contributed by atoms with Crippen LogP contribution in [0.3, 0.4) is 0 Å². The monoisotopic (exact) mass is 529 g/mol. The van der Waals surface area contributed by atoms with Gasteiger partial charge in [-0.3, -0.25) is 14.4 Å². The van der Waals surface area contributed by atoms with Crippen LogP contribution in [0.5, 0.6) is 0 Å². The van der Waals surface area contributed by atoms with Gasteiger partial charge in [0.05, 0.1) is 13.7 Å². The Balaban J connectivity index is 4.91. The fourth-order valence-electron chi connectivity index (χ4n) is 3.91. The quantitative estimate of drug-likeness (QED) is 0.0880. The fourth-order valence-corrected chi connectivity index (χ4v) is 3.91. The minimum absolute atomic E-state index is 0.125. The van der Waals surface area contributed by atoms with Gasteiger partial charge in [0.25, 0.3) is 0 Å². The number of hydrogen-bond acceptors (Lipinski definition) is 8. The molecule has 0 radical (unpaired) electrons. The molecule has 3 amide bonds. The number of nitrogens with one attached hydrogen (secondary N) is 3. The first-order valence-corrected chi connectivity index (χ1v) is 13.7. The van der Waals surface area contributed by atoms with E-state index in [9.17, 15) is 24.3 Å². The second-order valence-corrected chi connectivity index (χ2v) is 9.88. The third kappa shape index (κ3) is 17.0. The van der Waals surface area contributed by atoms with Crippen LogP contribution in [-0.4, -0.2) is 73.7 Å². The number of ether oxygens (including phenoxy) is 1. The molecule has 11 nitrogen and oxygen atoms in total. The summed E-state index contributed by atoms with van der Waals surface area (Å²) in [6.07, 6.45) is 9.18. The van der Waals surface area contributed by atoms with Gasteiger partial charge in [-0.1, -0.05) is 46.0 Å². The molecule has 0 rings (SSSR count). The molecule has 0 aromatic heterocycles. The van der Waals surface area contributed by atoms with Crippen molar-refractivity contribution >= 4 is 23.7 Å². The summed E-state index contributed by atoms with van der Waals surface area (Å²) in [6, 6.07) is -2.98. The number of carbonyl (C=O) groups excluding carboxylic acids is 4. The zero-order valence-electron chi connectivity index (χ0n) is 23.1. The Kier molecular flexibility index (Phi) is 20.5. The van der Waals surface area contributed by atoms with E-state index in [-0.39, 0.29) is 18.2 Å². The van der Waals surface area contributed by atoms with Gasteiger partial charge in [-0.2, -0.15) is 0 Å². The van der Waals surface area contributed by atoms with Crippen LogP contribution in [0.25, 0.3) is 0 Å². The zero-order valence-corrected chi connectivity index (χ0v) is 23.1. The topological polar surface area (TPSA) is 186 Å². The van der Waals surface area contributed by atoms with Crippen LogP contribution >= 0.6 is 0 Å². The summed E-state index contributed by atoms with van der Waals surface area (Å²) in [5.41, 5.74) is 11.0. The van der Waals surface area contributed by atoms with Gasteiger partial charge in [0, 0.05) is 6.42 Å². The fraction of sp³-hybridized carbons (Fsp3) is 0.846. The highest BCUT2D eigenvalue weighted by atomic mass is 16.5. The summed E-state index contributed by atoms with van der Waals surface area (Å²) in [4.78, 5) is 50.2. The van der Waals surface area contributed by atoms with Crippen molar-refractivity contribution in [1.29, 1.82) is 0 Å². The van der Waals surface area contributed by atoms with Gasteiger partial charge in [-0.05, 0) is 57.5 Å². The van der Waals surface area contributed by atoms with Gasteiger partial charge in [-0.15, -0.1) is 0 Å². The number of unbranched alkanes of at least 4 members (excludes halogenated alkanes) is 7. The summed E-state index contributed by atoms with van der Waals surface area (Å²) in [5.74, 6) is -1.97. The Morgan fingerprint density at radius 3 is 1.78 bits per heavy atom. The lowest BCUT2D eigenvalue weighted by atomic mass is 10.0. The van der Waals surface area contributed by atoms with Gasteiger partial charge in [0.2, 0.25) is 17.7 Å². The summed E-state index contributed by atoms with van der Waals surface area (Å²) >= 11 is 0. The number of methoxy groups -OCH3 is 1. The maximum Gasteiger partial charge on any atom is 0.328 e. The van der Waals surface area contributed by atoms with E-state index in [1.165, 1.54) is 7.11 Å². The molecule has 0 saturated carbocycles. The standard InChI is InChI=1S/C26H51N5O6/c1-19(2)17-21(26(36)37-3)31-24(34)20(13-10-12-16-28)30-25(35)22(18-32)29-23(33)14-9-7-5-4-6-8-11-15-27/h19-22,32H,4-18,27-28H2,1-3H3,(H,29,33)(H,30,35)(H,31,34)/t20-,21-,22-/m0/s1. The van der Waals surface area contributed by atoms with Crippen molar-refractivity contribution < 1.29 is 29.0 Å². The normalized spacial score (nSPS) is 13.5. The summed E-state index contributed by atoms with van der Waals surface area (Å²) in [7, 11) is 1.25. The molecular weight excluding hydrogens is 478 g/mol. The van der Waals surface area contributed by atoms with Crippen molar-refractivity contribution in [2.45, 2.75) is 109 Å². The molecule has 8 N–H and O–H groups in total. The van der Waals surface area contributed by atoms with E-state index in [0.717, 1.165) is 38.5 Å². The molecule has 0 aliphatic carbocycles. The number of carbonyl (C=O) groups is 4. The van der Waals surface area contributed by atoms with E-state index in [1.807, 2.05) is 13.8 Å². The van der Waals surface area contributed by atoms with Gasteiger partial charge < -0.3 is 37.3 Å². The summed E-state index contributed by atoms with van der Waals surface area (Å²) in [5, 5.41) is 17.6. The lowest BCUT2D eigenvalue weighted by Crippen LogP contribution is -2.56. The first-order valence-electron chi connectivity index (χ1n) is 13.7. The maximum atomic E-state index is 13.0. The van der Waals surface area contributed by atoms with Gasteiger partial charge in [0.1, 0.15) is 18.1 Å². The molecule has 0 spiro atoms. The highest BCUT2D eigenvalue weighted by molar-refractivity contribution is 5.93. The van der Waals surface area contributed by atoms with Crippen LogP contribution < -0.4 is 27.4 Å². The molecule has 0 aliphatic heterocycles. The zero-order chi connectivity index (χ0) is 28.1. The van der Waals surface area contributed by atoms with Crippen molar-refractivity contribution in [3.05, 3.63) is 0 Å². The minimum atomic E-state index is -1.18. The van der Waals surface area contributed by atoms with Crippen LogP contribution in [0.4, 0.5) is 0 Å². The van der Waals surface area contributed by atoms with Crippen LogP contribution in [0.15, 0.2) is 0 Å². The summed E-state index contributed by atoms with van der Waals surface area (Å²) in [6.45, 7) is 4.38. The van der Waals surface area contributed by atoms with E-state index in [4.69, 9.17) is 16.2 Å². The van der Waals surface area contributed by atoms with Gasteiger partial charge >= 0.3 is 5.97 Å². The van der Waals surface area contributed by atoms with Crippen molar-refractivity contribution in [1.82, 2.24) is 16.0 Å². The summed E-state index contributed by atoms with van der Waals surface area (Å²) < 4.78 is 4.80. The largest absolute Gasteiger partial charge is 0.467 e. The SMILES string of the molecule is COC(=O)[C@H](CC(C)C)NC(=O)[C@H](CCCCN)NC(=O)[C@H](CO)NC(=O)CCCCCCCCCN. The Hall–Kier alpha value is -2.24. The predicted molar refractivity (Wildman–Crippen MR) is 143 cm³/mol. The first-order chi connectivity index (χ1) is 17.7. The van der Waals surface area contributed by atoms with E-state index in [0.29, 0.717) is 45.2 Å². The highest BCUT2D eigenvalue weighted by Crippen LogP contribution is 2.10. The Bertz CT molecular complexity index is 661. The average Bonchev–Trinajstić information content (AvgIpc) is 2.86. The minimum Gasteiger partial charge on any atom is -0.467 e. The Morgan fingerprint density at radius 1 is 0.730 bits per heavy atom. The number of esters is 1. The second-order valence-electron chi connectivity index (χ2n) is 9.88. The number of aliphatic hydroxyl groups is 1. The molecule has 0 aromatic rings. The van der Waals surface area contributed by atoms with Crippen molar-refractivity contribution in [2.24, 2.45) is 17.4 Å². The van der Waals surface area contributed by atoms with Crippen LogP contribution in [0.1, 0.15) is 90.9 Å². The Morgan fingerprint density at radius 2 is 1.24 bits per heavy atom. The van der Waals surface area contributed by atoms with E-state index >= 15 is 0 Å². The van der Waals surface area contributed by atoms with E-state index < -0.39 is 42.5 Å². The van der Waals surface area contributed by atoms with Crippen molar-refractivity contribution in [2.75, 3.05) is 26.8 Å². The van der Waals surface area contributed by atoms with Gasteiger partial charge in [0.15, 0.2) is 0 Å². The molecule has 37 heavy (non-hydrogen) atoms. The number of nitrogens with two attached hydrogens (primary N) is 2. The molecule has 0 saturated heterocycles. The molecule has 0 fully saturated rings. The van der Waals surface area contributed by atoms with Crippen LogP contribution in [0.2, 0.25) is 0 Å². The van der Waals surface area contributed by atoms with Crippen molar-refractivity contribution in [3.8, 4) is 0 Å². The maximum absolute atomic E-state index is 13.0. The van der Waals surface area contributed by atoms with E-state index in [2.05, 4.69) is 16.0 Å². The Labute approximate surface area is 222 Å². The third-order valence-electron chi connectivity index (χ3n) is 6.03. The van der Waals surface area contributed by atoms with Crippen LogP contribution in [0, 0.1) is 5.92 Å². The molecule has 3 atom stereocenters. The molecule has 216 valence electrons. The first kappa shape index (κ1) is 34.8. The van der Waals surface area contributed by atoms with Crippen molar-refractivity contribution in [3.63, 3.8) is 0 Å². The van der Waals surface area contributed by atoms with Crippen LogP contribution in [-0.2, 0) is 23.9 Å². The lowest BCUT2D eigenvalue weighted by Gasteiger charge is -2.25. The number of aliphatic hydroxyl groups excluding tert-OH is 1. The molecule has 0 heterocycles. The number of rotatable bonds is 22. The number of amides is 3. The molecule has 0 unspecified atom stereocenters. The smallest absolute Gasteiger partial charge is 0.328 e. The third-order valence-corrected chi connectivity index (χ3v) is 6.03. The second kappa shape index (κ2) is 21.8. The highest BCUT2D eigenvalue weighted by Gasteiger charge is 2.29. The van der Waals surface area contributed by atoms with Gasteiger partial charge in [-0.25, -0.2) is 4.79 Å². The average molecular weight is 530 g/mol. The molecule has 0 bridgehead atoms.